The lowest BCUT2D eigenvalue weighted by atomic mass is 9.97. The van der Waals surface area contributed by atoms with Gasteiger partial charge in [0, 0.05) is 18.0 Å². The number of rotatable bonds is 4. The molecule has 1 aliphatic heterocycles. The molecule has 0 aromatic heterocycles. The molecule has 1 aromatic rings. The first kappa shape index (κ1) is 14.2. The molecule has 1 unspecified atom stereocenters. The highest BCUT2D eigenvalue weighted by atomic mass is 32.2. The minimum atomic E-state index is 0.558. The normalized spacial score (nSPS) is 19.2. The van der Waals surface area contributed by atoms with Gasteiger partial charge in [-0.15, -0.1) is 11.8 Å². The first-order valence-corrected chi connectivity index (χ1v) is 7.89. The molecular formula is C15H21N3S. The van der Waals surface area contributed by atoms with Crippen LogP contribution in [0.25, 0.3) is 0 Å². The smallest absolute Gasteiger partial charge is 0.103 e. The van der Waals surface area contributed by atoms with Gasteiger partial charge in [0.15, 0.2) is 0 Å². The Morgan fingerprint density at radius 1 is 1.53 bits per heavy atom. The van der Waals surface area contributed by atoms with Crippen LogP contribution in [-0.2, 0) is 0 Å². The van der Waals surface area contributed by atoms with E-state index in [4.69, 9.17) is 5.73 Å². The Hall–Kier alpha value is -1.18. The third kappa shape index (κ3) is 3.23. The Balaban J connectivity index is 2.28. The van der Waals surface area contributed by atoms with Gasteiger partial charge in [0.1, 0.15) is 6.07 Å². The minimum Gasteiger partial charge on any atom is -0.370 e. The van der Waals surface area contributed by atoms with Crippen LogP contribution < -0.4 is 10.6 Å². The van der Waals surface area contributed by atoms with E-state index in [-0.39, 0.29) is 0 Å². The molecule has 4 heteroatoms. The van der Waals surface area contributed by atoms with E-state index >= 15 is 0 Å². The Kier molecular flexibility index (Phi) is 5.12. The number of piperidine rings is 1. The van der Waals surface area contributed by atoms with Crippen molar-refractivity contribution in [2.75, 3.05) is 30.3 Å². The fourth-order valence-corrected chi connectivity index (χ4v) is 3.43. The van der Waals surface area contributed by atoms with Crippen LogP contribution in [-0.4, -0.2) is 25.4 Å². The summed E-state index contributed by atoms with van der Waals surface area (Å²) in [6.45, 7) is 4.86. The molecule has 1 atom stereocenters. The maximum absolute atomic E-state index is 9.46. The number of nitrogens with two attached hydrogens (primary N) is 1. The second-order valence-electron chi connectivity index (χ2n) is 4.89. The molecule has 2 N–H and O–H groups in total. The lowest BCUT2D eigenvalue weighted by Gasteiger charge is -2.34. The average molecular weight is 275 g/mol. The summed E-state index contributed by atoms with van der Waals surface area (Å²) in [5, 5.41) is 9.46. The van der Waals surface area contributed by atoms with Crippen LogP contribution in [0.15, 0.2) is 23.1 Å². The van der Waals surface area contributed by atoms with Gasteiger partial charge < -0.3 is 10.6 Å². The topological polar surface area (TPSA) is 53.0 Å². The summed E-state index contributed by atoms with van der Waals surface area (Å²) in [6.07, 6.45) is 2.37. The van der Waals surface area contributed by atoms with E-state index in [1.807, 2.05) is 6.07 Å². The monoisotopic (exact) mass is 275 g/mol. The first-order chi connectivity index (χ1) is 9.30. The van der Waals surface area contributed by atoms with Gasteiger partial charge in [-0.25, -0.2) is 0 Å². The number of nitriles is 1. The molecule has 0 saturated carbocycles. The molecule has 1 aliphatic rings. The van der Waals surface area contributed by atoms with Gasteiger partial charge in [-0.1, -0.05) is 13.0 Å². The maximum Gasteiger partial charge on any atom is 0.103 e. The quantitative estimate of drug-likeness (QED) is 0.859. The molecule has 2 rings (SSSR count). The van der Waals surface area contributed by atoms with Gasteiger partial charge in [0.05, 0.1) is 11.3 Å². The molecule has 0 spiro atoms. The molecular weight excluding hydrogens is 254 g/mol. The third-order valence-corrected chi connectivity index (χ3v) is 4.55. The van der Waals surface area contributed by atoms with Crippen LogP contribution in [0, 0.1) is 17.2 Å². The van der Waals surface area contributed by atoms with Crippen LogP contribution in [0.1, 0.15) is 25.3 Å². The van der Waals surface area contributed by atoms with Crippen molar-refractivity contribution in [1.29, 1.82) is 5.26 Å². The first-order valence-electron chi connectivity index (χ1n) is 6.91. The van der Waals surface area contributed by atoms with Crippen molar-refractivity contribution in [1.82, 2.24) is 0 Å². The highest BCUT2D eigenvalue weighted by Gasteiger charge is 2.21. The molecule has 1 aromatic carbocycles. The average Bonchev–Trinajstić information content (AvgIpc) is 2.47. The van der Waals surface area contributed by atoms with Gasteiger partial charge in [-0.05, 0) is 43.2 Å². The molecule has 0 aliphatic carbocycles. The Morgan fingerprint density at radius 3 is 3.05 bits per heavy atom. The summed E-state index contributed by atoms with van der Waals surface area (Å²) in [5.74, 6) is 1.55. The van der Waals surface area contributed by atoms with Crippen LogP contribution >= 0.6 is 11.8 Å². The predicted molar refractivity (Wildman–Crippen MR) is 81.5 cm³/mol. The second-order valence-corrected chi connectivity index (χ2v) is 6.19. The van der Waals surface area contributed by atoms with E-state index in [0.717, 1.165) is 48.0 Å². The predicted octanol–water partition coefficient (Wildman–Crippen LogP) is 2.85. The van der Waals surface area contributed by atoms with E-state index in [1.54, 1.807) is 11.8 Å². The molecule has 0 radical (unpaired) electrons. The van der Waals surface area contributed by atoms with Crippen molar-refractivity contribution in [3.8, 4) is 6.07 Å². The Bertz CT molecular complexity index is 467. The SMILES string of the molecule is CCSc1cccc(N2CCCC(CN)C2)c1C#N. The third-order valence-electron chi connectivity index (χ3n) is 3.61. The Labute approximate surface area is 119 Å². The Morgan fingerprint density at radius 2 is 2.37 bits per heavy atom. The summed E-state index contributed by atoms with van der Waals surface area (Å²) < 4.78 is 0. The molecule has 102 valence electrons. The second kappa shape index (κ2) is 6.83. The van der Waals surface area contributed by atoms with E-state index in [0.29, 0.717) is 5.92 Å². The molecule has 1 saturated heterocycles. The van der Waals surface area contributed by atoms with Crippen molar-refractivity contribution in [2.45, 2.75) is 24.7 Å². The number of hydrogen-bond acceptors (Lipinski definition) is 4. The number of benzene rings is 1. The zero-order valence-corrected chi connectivity index (χ0v) is 12.2. The van der Waals surface area contributed by atoms with E-state index in [9.17, 15) is 5.26 Å². The van der Waals surface area contributed by atoms with E-state index in [1.165, 1.54) is 6.42 Å². The zero-order valence-electron chi connectivity index (χ0n) is 11.4. The van der Waals surface area contributed by atoms with Crippen molar-refractivity contribution in [3.63, 3.8) is 0 Å². The van der Waals surface area contributed by atoms with Gasteiger partial charge in [-0.3, -0.25) is 0 Å². The van der Waals surface area contributed by atoms with Crippen LogP contribution in [0.4, 0.5) is 5.69 Å². The van der Waals surface area contributed by atoms with Crippen LogP contribution in [0.5, 0.6) is 0 Å². The fraction of sp³-hybridized carbons (Fsp3) is 0.533. The molecule has 0 amide bonds. The molecule has 19 heavy (non-hydrogen) atoms. The van der Waals surface area contributed by atoms with Crippen LogP contribution in [0.3, 0.4) is 0 Å². The summed E-state index contributed by atoms with van der Waals surface area (Å²) in [5.41, 5.74) is 7.70. The van der Waals surface area contributed by atoms with Crippen molar-refractivity contribution in [3.05, 3.63) is 23.8 Å². The number of hydrogen-bond donors (Lipinski definition) is 1. The van der Waals surface area contributed by atoms with Gasteiger partial charge in [0.2, 0.25) is 0 Å². The zero-order chi connectivity index (χ0) is 13.7. The summed E-state index contributed by atoms with van der Waals surface area (Å²) in [6, 6.07) is 8.55. The fourth-order valence-electron chi connectivity index (χ4n) is 2.65. The number of anilines is 1. The van der Waals surface area contributed by atoms with Gasteiger partial charge in [0.25, 0.3) is 0 Å². The van der Waals surface area contributed by atoms with Crippen molar-refractivity contribution in [2.24, 2.45) is 11.7 Å². The maximum atomic E-state index is 9.46. The highest BCUT2D eigenvalue weighted by Crippen LogP contribution is 2.32. The van der Waals surface area contributed by atoms with Gasteiger partial charge in [-0.2, -0.15) is 5.26 Å². The minimum absolute atomic E-state index is 0.558. The van der Waals surface area contributed by atoms with Crippen LogP contribution in [0.2, 0.25) is 0 Å². The summed E-state index contributed by atoms with van der Waals surface area (Å²) in [7, 11) is 0. The van der Waals surface area contributed by atoms with E-state index < -0.39 is 0 Å². The standard InChI is InChI=1S/C15H21N3S/c1-2-19-15-7-3-6-14(13(15)10-17)18-8-4-5-12(9-16)11-18/h3,6-7,12H,2,4-5,8-9,11,16H2,1H3. The van der Waals surface area contributed by atoms with Crippen molar-refractivity contribution < 1.29 is 0 Å². The lowest BCUT2D eigenvalue weighted by Crippen LogP contribution is -2.38. The highest BCUT2D eigenvalue weighted by molar-refractivity contribution is 7.99. The summed E-state index contributed by atoms with van der Waals surface area (Å²) >= 11 is 1.74. The number of thioether (sulfide) groups is 1. The largest absolute Gasteiger partial charge is 0.370 e. The lowest BCUT2D eigenvalue weighted by molar-refractivity contribution is 0.423. The van der Waals surface area contributed by atoms with E-state index in [2.05, 4.69) is 30.0 Å². The summed E-state index contributed by atoms with van der Waals surface area (Å²) in [4.78, 5) is 3.43. The number of nitrogens with zero attached hydrogens (tertiary/aromatic N) is 2. The van der Waals surface area contributed by atoms with Crippen molar-refractivity contribution >= 4 is 17.4 Å². The molecule has 1 fully saturated rings. The molecule has 1 heterocycles. The molecule has 0 bridgehead atoms. The molecule has 3 nitrogen and oxygen atoms in total. The van der Waals surface area contributed by atoms with Gasteiger partial charge >= 0.3 is 0 Å².